The normalized spacial score (nSPS) is 11.8. The van der Waals surface area contributed by atoms with Crippen molar-refractivity contribution in [1.29, 1.82) is 0 Å². The van der Waals surface area contributed by atoms with E-state index in [4.69, 9.17) is 0 Å². The minimum Gasteiger partial charge on any atom is -0.285 e. The Bertz CT molecular complexity index is 889. The Morgan fingerprint density at radius 2 is 1.77 bits per heavy atom. The summed E-state index contributed by atoms with van der Waals surface area (Å²) in [5, 5.41) is 0. The van der Waals surface area contributed by atoms with Crippen LogP contribution in [0, 0.1) is 0 Å². The summed E-state index contributed by atoms with van der Waals surface area (Å²) >= 11 is 0. The maximum absolute atomic E-state index is 13.0. The molecule has 3 aromatic rings. The quantitative estimate of drug-likeness (QED) is 0.728. The van der Waals surface area contributed by atoms with E-state index >= 15 is 0 Å². The van der Waals surface area contributed by atoms with Gasteiger partial charge in [-0.25, -0.2) is 4.98 Å². The van der Waals surface area contributed by atoms with Crippen molar-refractivity contribution in [3.05, 3.63) is 64.5 Å². The van der Waals surface area contributed by atoms with Crippen LogP contribution in [-0.4, -0.2) is 19.5 Å². The number of rotatable bonds is 2. The summed E-state index contributed by atoms with van der Waals surface area (Å²) < 4.78 is 40.2. The van der Waals surface area contributed by atoms with Crippen molar-refractivity contribution in [2.45, 2.75) is 12.7 Å². The first kappa shape index (κ1) is 14.2. The first-order valence-electron chi connectivity index (χ1n) is 6.28. The van der Waals surface area contributed by atoms with Crippen molar-refractivity contribution in [3.8, 4) is 0 Å². The lowest BCUT2D eigenvalue weighted by Crippen LogP contribution is -2.23. The summed E-state index contributed by atoms with van der Waals surface area (Å²) in [6.07, 6.45) is -0.462. The number of pyridine rings is 2. The Morgan fingerprint density at radius 3 is 2.55 bits per heavy atom. The number of halogens is 3. The molecular weight excluding hydrogens is 297 g/mol. The molecule has 0 bridgehead atoms. The third-order valence-corrected chi connectivity index (χ3v) is 3.12. The van der Waals surface area contributed by atoms with E-state index < -0.39 is 17.3 Å². The predicted octanol–water partition coefficient (Wildman–Crippen LogP) is 2.25. The SMILES string of the molecule is O=c1ccc2nccnc2n1Cc1ncccc1C(F)(F)F. The van der Waals surface area contributed by atoms with Crippen LogP contribution in [0.3, 0.4) is 0 Å². The molecule has 0 aliphatic carbocycles. The number of aromatic nitrogens is 4. The van der Waals surface area contributed by atoms with E-state index in [9.17, 15) is 18.0 Å². The summed E-state index contributed by atoms with van der Waals surface area (Å²) in [5.74, 6) is 0. The average molecular weight is 306 g/mol. The van der Waals surface area contributed by atoms with Crippen LogP contribution in [0.15, 0.2) is 47.7 Å². The summed E-state index contributed by atoms with van der Waals surface area (Å²) in [5.41, 5.74) is -0.940. The third kappa shape index (κ3) is 2.54. The lowest BCUT2D eigenvalue weighted by molar-refractivity contribution is -0.138. The molecule has 0 unspecified atom stereocenters. The molecule has 3 aromatic heterocycles. The highest BCUT2D eigenvalue weighted by Crippen LogP contribution is 2.31. The van der Waals surface area contributed by atoms with Gasteiger partial charge in [-0.3, -0.25) is 19.3 Å². The van der Waals surface area contributed by atoms with Crippen LogP contribution in [0.1, 0.15) is 11.3 Å². The van der Waals surface area contributed by atoms with Crippen LogP contribution in [0.4, 0.5) is 13.2 Å². The molecular formula is C14H9F3N4O. The summed E-state index contributed by atoms with van der Waals surface area (Å²) in [6, 6.07) is 4.86. The molecule has 0 N–H and O–H groups in total. The molecule has 0 fully saturated rings. The molecule has 22 heavy (non-hydrogen) atoms. The molecule has 8 heteroatoms. The van der Waals surface area contributed by atoms with E-state index in [1.54, 1.807) is 0 Å². The van der Waals surface area contributed by atoms with Gasteiger partial charge in [0.2, 0.25) is 0 Å². The molecule has 0 spiro atoms. The zero-order valence-corrected chi connectivity index (χ0v) is 11.1. The minimum atomic E-state index is -4.54. The van der Waals surface area contributed by atoms with Crippen LogP contribution in [-0.2, 0) is 12.7 Å². The molecule has 0 aromatic carbocycles. The Hall–Kier alpha value is -2.77. The molecule has 0 atom stereocenters. The molecule has 112 valence electrons. The first-order valence-corrected chi connectivity index (χ1v) is 6.28. The van der Waals surface area contributed by atoms with Gasteiger partial charge in [-0.05, 0) is 18.2 Å². The van der Waals surface area contributed by atoms with Crippen molar-refractivity contribution in [2.75, 3.05) is 0 Å². The monoisotopic (exact) mass is 306 g/mol. The van der Waals surface area contributed by atoms with Gasteiger partial charge in [-0.15, -0.1) is 0 Å². The highest BCUT2D eigenvalue weighted by atomic mass is 19.4. The second-order valence-electron chi connectivity index (χ2n) is 4.52. The standard InChI is InChI=1S/C14H9F3N4O/c15-14(16,17)9-2-1-5-18-11(9)8-21-12(22)4-3-10-13(21)20-7-6-19-10/h1-7H,8H2. The van der Waals surface area contributed by atoms with Crippen molar-refractivity contribution in [1.82, 2.24) is 19.5 Å². The van der Waals surface area contributed by atoms with Gasteiger partial charge in [0.1, 0.15) is 5.52 Å². The zero-order valence-electron chi connectivity index (χ0n) is 11.1. The lowest BCUT2D eigenvalue weighted by Gasteiger charge is -2.13. The van der Waals surface area contributed by atoms with Crippen LogP contribution < -0.4 is 5.56 Å². The van der Waals surface area contributed by atoms with Gasteiger partial charge in [0.15, 0.2) is 5.65 Å². The van der Waals surface area contributed by atoms with Crippen molar-refractivity contribution in [3.63, 3.8) is 0 Å². The van der Waals surface area contributed by atoms with Gasteiger partial charge in [-0.2, -0.15) is 13.2 Å². The van der Waals surface area contributed by atoms with Gasteiger partial charge in [0.05, 0.1) is 17.8 Å². The Morgan fingerprint density at radius 1 is 1.00 bits per heavy atom. The first-order chi connectivity index (χ1) is 10.5. The van der Waals surface area contributed by atoms with Crippen LogP contribution in [0.2, 0.25) is 0 Å². The number of fused-ring (bicyclic) bond motifs is 1. The van der Waals surface area contributed by atoms with E-state index in [1.165, 1.54) is 36.8 Å². The average Bonchev–Trinajstić information content (AvgIpc) is 2.50. The van der Waals surface area contributed by atoms with Crippen LogP contribution >= 0.6 is 0 Å². The van der Waals surface area contributed by atoms with Crippen LogP contribution in [0.5, 0.6) is 0 Å². The summed E-state index contributed by atoms with van der Waals surface area (Å²) in [6.45, 7) is -0.329. The van der Waals surface area contributed by atoms with Gasteiger partial charge in [0.25, 0.3) is 5.56 Å². The van der Waals surface area contributed by atoms with Gasteiger partial charge in [0, 0.05) is 24.7 Å². The molecule has 0 saturated carbocycles. The van der Waals surface area contributed by atoms with Crippen molar-refractivity contribution in [2.24, 2.45) is 0 Å². The number of hydrogen-bond acceptors (Lipinski definition) is 4. The second kappa shape index (κ2) is 5.21. The van der Waals surface area contributed by atoms with E-state index in [2.05, 4.69) is 15.0 Å². The Balaban J connectivity index is 2.16. The second-order valence-corrected chi connectivity index (χ2v) is 4.52. The van der Waals surface area contributed by atoms with E-state index in [0.717, 1.165) is 10.6 Å². The fourth-order valence-electron chi connectivity index (χ4n) is 2.14. The molecule has 0 amide bonds. The fourth-order valence-corrected chi connectivity index (χ4v) is 2.14. The minimum absolute atomic E-state index is 0.216. The molecule has 0 radical (unpaired) electrons. The van der Waals surface area contributed by atoms with E-state index in [-0.39, 0.29) is 17.9 Å². The highest BCUT2D eigenvalue weighted by Gasteiger charge is 2.33. The fraction of sp³-hybridized carbons (Fsp3) is 0.143. The maximum atomic E-state index is 13.0. The zero-order chi connectivity index (χ0) is 15.7. The highest BCUT2D eigenvalue weighted by molar-refractivity contribution is 5.69. The number of nitrogens with zero attached hydrogens (tertiary/aromatic N) is 4. The van der Waals surface area contributed by atoms with Crippen molar-refractivity contribution < 1.29 is 13.2 Å². The largest absolute Gasteiger partial charge is 0.418 e. The Kier molecular flexibility index (Phi) is 3.36. The van der Waals surface area contributed by atoms with Crippen molar-refractivity contribution >= 4 is 11.2 Å². The third-order valence-electron chi connectivity index (χ3n) is 3.12. The van der Waals surface area contributed by atoms with Gasteiger partial charge in [-0.1, -0.05) is 0 Å². The summed E-state index contributed by atoms with van der Waals surface area (Å²) in [4.78, 5) is 23.8. The molecule has 0 saturated heterocycles. The lowest BCUT2D eigenvalue weighted by atomic mass is 10.2. The van der Waals surface area contributed by atoms with E-state index in [0.29, 0.717) is 5.52 Å². The molecule has 5 nitrogen and oxygen atoms in total. The predicted molar refractivity (Wildman–Crippen MR) is 72.1 cm³/mol. The molecule has 3 rings (SSSR count). The van der Waals surface area contributed by atoms with Gasteiger partial charge < -0.3 is 0 Å². The molecule has 0 aliphatic heterocycles. The van der Waals surface area contributed by atoms with E-state index in [1.807, 2.05) is 0 Å². The Labute approximate surface area is 122 Å². The summed E-state index contributed by atoms with van der Waals surface area (Å²) in [7, 11) is 0. The number of alkyl halides is 3. The molecule has 3 heterocycles. The van der Waals surface area contributed by atoms with Crippen LogP contribution in [0.25, 0.3) is 11.2 Å². The molecule has 0 aliphatic rings. The number of hydrogen-bond donors (Lipinski definition) is 0. The smallest absolute Gasteiger partial charge is 0.285 e. The topological polar surface area (TPSA) is 60.7 Å². The van der Waals surface area contributed by atoms with Gasteiger partial charge >= 0.3 is 6.18 Å². The maximum Gasteiger partial charge on any atom is 0.418 e.